The van der Waals surface area contributed by atoms with Crippen LogP contribution in [0.5, 0.6) is 0 Å². The van der Waals surface area contributed by atoms with Crippen molar-refractivity contribution < 1.29 is 89.7 Å². The Labute approximate surface area is 388 Å². The first-order valence-corrected chi connectivity index (χ1v) is 24.4. The van der Waals surface area contributed by atoms with Gasteiger partial charge in [0.1, 0.15) is 73.2 Å². The summed E-state index contributed by atoms with van der Waals surface area (Å²) in [5.41, 5.74) is -0.322. The maximum atomic E-state index is 11.4. The Morgan fingerprint density at radius 1 is 0.652 bits per heavy atom. The van der Waals surface area contributed by atoms with E-state index >= 15 is 0 Å². The van der Waals surface area contributed by atoms with Gasteiger partial charge in [-0.25, -0.2) is 0 Å². The third-order valence-electron chi connectivity index (χ3n) is 18.6. The van der Waals surface area contributed by atoms with Gasteiger partial charge >= 0.3 is 0 Å². The molecule has 3 aliphatic heterocycles. The van der Waals surface area contributed by atoms with Crippen LogP contribution in [-0.4, -0.2) is 191 Å². The highest BCUT2D eigenvalue weighted by Gasteiger charge is 2.67. The van der Waals surface area contributed by atoms with Gasteiger partial charge in [0.2, 0.25) is 0 Å². The number of ether oxygens (including phenoxy) is 6. The molecule has 7 aliphatic rings. The van der Waals surface area contributed by atoms with Gasteiger partial charge in [-0.2, -0.15) is 0 Å². The Hall–Kier alpha value is -0.980. The standard InChI is InChI=1S/C48H82O18/c1-22(9-13-31(45(4,5)60)66-43-40(59)37(56)34(53)28(64-43)21-61-41-38(57)35(54)32(51)26(19-49)62-41)23-15-16-48(8)29-12-10-24-25(46(29,6)17-18-47(23,48)7)11-14-30(44(24,2)3)65-42-39(58)36(55)33(52)27(20-50)63-42/h10,22-23,25-43,49-60H,9,11-21H2,1-8H3/t22-,23?,25?,26-,27-,28?,29?,30+,31-,32-,33-,34-,35+,36+,37+,38-,39-,40-,41-,42+,43+,46+,47-,48+/m1/s1. The Morgan fingerprint density at radius 3 is 1.79 bits per heavy atom. The minimum absolute atomic E-state index is 0.0308. The molecule has 3 saturated heterocycles. The number of rotatable bonds is 14. The molecule has 3 saturated carbocycles. The number of hydrogen-bond donors (Lipinski definition) is 12. The number of hydrogen-bond acceptors (Lipinski definition) is 18. The molecule has 3 heterocycles. The summed E-state index contributed by atoms with van der Waals surface area (Å²) in [6.07, 6.45) is -13.0. The molecule has 0 aromatic carbocycles. The first-order chi connectivity index (χ1) is 30.8. The second-order valence-electron chi connectivity index (χ2n) is 23.0. The van der Waals surface area contributed by atoms with E-state index in [0.29, 0.717) is 30.6 Å². The molecule has 24 atom stereocenters. The van der Waals surface area contributed by atoms with Crippen molar-refractivity contribution in [1.29, 1.82) is 0 Å². The highest BCUT2D eigenvalue weighted by molar-refractivity contribution is 5.30. The fourth-order valence-corrected chi connectivity index (χ4v) is 14.1. The quantitative estimate of drug-likeness (QED) is 0.102. The summed E-state index contributed by atoms with van der Waals surface area (Å²) < 4.78 is 35.4. The van der Waals surface area contributed by atoms with E-state index in [1.165, 1.54) is 5.57 Å². The van der Waals surface area contributed by atoms with Crippen molar-refractivity contribution in [3.05, 3.63) is 11.6 Å². The predicted molar refractivity (Wildman–Crippen MR) is 234 cm³/mol. The topological polar surface area (TPSA) is 298 Å². The molecule has 0 aromatic rings. The summed E-state index contributed by atoms with van der Waals surface area (Å²) in [7, 11) is 0. The first-order valence-electron chi connectivity index (χ1n) is 24.4. The maximum Gasteiger partial charge on any atom is 0.187 e. The van der Waals surface area contributed by atoms with Crippen molar-refractivity contribution >= 4 is 0 Å². The van der Waals surface area contributed by atoms with E-state index in [2.05, 4.69) is 47.6 Å². The second-order valence-corrected chi connectivity index (χ2v) is 23.0. The van der Waals surface area contributed by atoms with Crippen LogP contribution in [0.3, 0.4) is 0 Å². The molecule has 18 nitrogen and oxygen atoms in total. The largest absolute Gasteiger partial charge is 0.394 e. The van der Waals surface area contributed by atoms with E-state index in [9.17, 15) is 61.3 Å². The lowest BCUT2D eigenvalue weighted by Crippen LogP contribution is -2.62. The lowest BCUT2D eigenvalue weighted by molar-refractivity contribution is -0.341. The molecular formula is C48H82O18. The van der Waals surface area contributed by atoms with Gasteiger partial charge in [-0.3, -0.25) is 0 Å². The third-order valence-corrected chi connectivity index (χ3v) is 18.6. The molecule has 18 heteroatoms. The van der Waals surface area contributed by atoms with Gasteiger partial charge in [0.25, 0.3) is 0 Å². The normalized spacial score (nSPS) is 50.4. The molecule has 12 N–H and O–H groups in total. The lowest BCUT2D eigenvalue weighted by atomic mass is 9.39. The molecule has 4 aliphatic carbocycles. The van der Waals surface area contributed by atoms with Crippen molar-refractivity contribution in [2.24, 2.45) is 45.3 Å². The number of allylic oxidation sites excluding steroid dienone is 1. The van der Waals surface area contributed by atoms with E-state index in [4.69, 9.17) is 28.4 Å². The monoisotopic (exact) mass is 947 g/mol. The van der Waals surface area contributed by atoms with Crippen LogP contribution in [-0.2, 0) is 28.4 Å². The van der Waals surface area contributed by atoms with Crippen molar-refractivity contribution in [3.63, 3.8) is 0 Å². The number of aliphatic hydroxyl groups is 12. The van der Waals surface area contributed by atoms with Crippen LogP contribution in [0.25, 0.3) is 0 Å². The van der Waals surface area contributed by atoms with Crippen LogP contribution in [0.15, 0.2) is 11.6 Å². The molecule has 7 rings (SSSR count). The fraction of sp³-hybridized carbons (Fsp3) is 0.958. The van der Waals surface area contributed by atoms with Crippen molar-refractivity contribution in [2.75, 3.05) is 19.8 Å². The highest BCUT2D eigenvalue weighted by Crippen LogP contribution is 2.75. The van der Waals surface area contributed by atoms with Gasteiger partial charge in [-0.05, 0) is 112 Å². The zero-order chi connectivity index (χ0) is 48.6. The van der Waals surface area contributed by atoms with E-state index in [1.807, 2.05) is 0 Å². The van der Waals surface area contributed by atoms with Crippen molar-refractivity contribution in [1.82, 2.24) is 0 Å². The predicted octanol–water partition coefficient (Wildman–Crippen LogP) is -0.0268. The lowest BCUT2D eigenvalue weighted by Gasteiger charge is -2.66. The minimum Gasteiger partial charge on any atom is -0.394 e. The third kappa shape index (κ3) is 9.12. The van der Waals surface area contributed by atoms with Gasteiger partial charge in [0, 0.05) is 5.41 Å². The Kier molecular flexibility index (Phi) is 15.7. The fourth-order valence-electron chi connectivity index (χ4n) is 14.1. The molecule has 6 fully saturated rings. The van der Waals surface area contributed by atoms with Gasteiger partial charge in [0.05, 0.1) is 37.6 Å². The zero-order valence-electron chi connectivity index (χ0n) is 40.0. The summed E-state index contributed by atoms with van der Waals surface area (Å²) in [5, 5.41) is 126. The SMILES string of the molecule is C[C@H](CC[C@@H](O[C@@H]1OC(CO[C@@H]2O[C@H](CO)[C@@H](O)[C@H](O)[C@H]2O)[C@@H](O)[C@H](O)[C@H]1O)C(C)(C)O)C1CC[C@@]2(C)C3CC=C4C(CC[C@H](O[C@@H]5O[C@H](CO)[C@@H](O)[C@H](O)[C@H]5O)C4(C)C)[C@]3(C)CC[C@]12C. The van der Waals surface area contributed by atoms with Gasteiger partial charge in [0.15, 0.2) is 18.9 Å². The number of aliphatic hydroxyl groups excluding tert-OH is 11. The van der Waals surface area contributed by atoms with Crippen LogP contribution in [0.2, 0.25) is 0 Å². The van der Waals surface area contributed by atoms with Gasteiger partial charge in [-0.1, -0.05) is 53.2 Å². The molecule has 0 radical (unpaired) electrons. The van der Waals surface area contributed by atoms with E-state index in [-0.39, 0.29) is 28.3 Å². The smallest absolute Gasteiger partial charge is 0.187 e. The van der Waals surface area contributed by atoms with E-state index in [0.717, 1.165) is 44.9 Å². The molecule has 0 aromatic heterocycles. The van der Waals surface area contributed by atoms with Crippen molar-refractivity contribution in [2.45, 2.75) is 223 Å². The highest BCUT2D eigenvalue weighted by atomic mass is 16.7. The van der Waals surface area contributed by atoms with Crippen LogP contribution >= 0.6 is 0 Å². The van der Waals surface area contributed by atoms with Crippen LogP contribution in [0.1, 0.15) is 113 Å². The molecular weight excluding hydrogens is 865 g/mol. The molecule has 66 heavy (non-hydrogen) atoms. The van der Waals surface area contributed by atoms with Crippen LogP contribution in [0, 0.1) is 45.3 Å². The molecule has 0 spiro atoms. The molecule has 0 bridgehead atoms. The van der Waals surface area contributed by atoms with E-state index < -0.39 is 129 Å². The molecule has 4 unspecified atom stereocenters. The van der Waals surface area contributed by atoms with Gasteiger partial charge in [-0.15, -0.1) is 0 Å². The summed E-state index contributed by atoms with van der Waals surface area (Å²) in [6.45, 7) is 15.7. The second kappa shape index (κ2) is 19.6. The molecule has 0 amide bonds. The summed E-state index contributed by atoms with van der Waals surface area (Å²) in [5.74, 6) is 1.39. The Bertz CT molecular complexity index is 1670. The average Bonchev–Trinajstić information content (AvgIpc) is 3.55. The van der Waals surface area contributed by atoms with Crippen LogP contribution < -0.4 is 0 Å². The minimum atomic E-state index is -1.72. The van der Waals surface area contributed by atoms with Gasteiger partial charge < -0.3 is 89.7 Å². The van der Waals surface area contributed by atoms with Crippen molar-refractivity contribution in [3.8, 4) is 0 Å². The Morgan fingerprint density at radius 2 is 1.20 bits per heavy atom. The first kappa shape index (κ1) is 52.8. The summed E-state index contributed by atoms with van der Waals surface area (Å²) in [4.78, 5) is 0. The average molecular weight is 947 g/mol. The zero-order valence-corrected chi connectivity index (χ0v) is 40.0. The van der Waals surface area contributed by atoms with Crippen LogP contribution in [0.4, 0.5) is 0 Å². The summed E-state index contributed by atoms with van der Waals surface area (Å²) in [6, 6.07) is 0. The summed E-state index contributed by atoms with van der Waals surface area (Å²) >= 11 is 0. The number of fused-ring (bicyclic) bond motifs is 5. The maximum absolute atomic E-state index is 11.4. The molecule has 382 valence electrons. The van der Waals surface area contributed by atoms with E-state index in [1.54, 1.807) is 13.8 Å². The Balaban J connectivity index is 0.997.